The maximum atomic E-state index is 14.5. The smallest absolute Gasteiger partial charge is 0.408 e. The molecule has 0 saturated carbocycles. The molecule has 3 amide bonds. The molecule has 0 fully saturated rings. The molecule has 50 heavy (non-hydrogen) atoms. The van der Waals surface area contributed by atoms with E-state index in [9.17, 15) is 14.4 Å². The average molecular weight is 676 g/mol. The van der Waals surface area contributed by atoms with Crippen molar-refractivity contribution in [1.82, 2.24) is 25.7 Å². The molecule has 260 valence electrons. The Morgan fingerprint density at radius 3 is 1.94 bits per heavy atom. The van der Waals surface area contributed by atoms with E-state index in [1.165, 1.54) is 6.08 Å². The number of nitrogens with zero attached hydrogens (tertiary/aromatic N) is 3. The second-order valence-corrected chi connectivity index (χ2v) is 14.2. The predicted molar refractivity (Wildman–Crippen MR) is 194 cm³/mol. The summed E-state index contributed by atoms with van der Waals surface area (Å²) in [5.74, 6) is -0.0562. The minimum absolute atomic E-state index is 0.235. The van der Waals surface area contributed by atoms with Gasteiger partial charge in [-0.2, -0.15) is 4.98 Å². The number of hydrogen-bond donors (Lipinski definition) is 2. The number of nitrogens with one attached hydrogen (secondary N) is 2. The van der Waals surface area contributed by atoms with Gasteiger partial charge in [-0.1, -0.05) is 96.2 Å². The SMILES string of the molecule is Cc1noc([C@@H](Cc2ccc3ccccc3c2)N(C)C(=O)[C@@H](Cc2ccc3ccccc3c2)NC(=O)/C=C/C(C)(C)NC(=O)OC(C)(C)C)n1. The van der Waals surface area contributed by atoms with E-state index >= 15 is 0 Å². The first kappa shape index (κ1) is 35.8. The molecule has 1 aromatic heterocycles. The number of aromatic nitrogens is 2. The third kappa shape index (κ3) is 9.56. The van der Waals surface area contributed by atoms with E-state index in [0.29, 0.717) is 18.1 Å². The van der Waals surface area contributed by atoms with Gasteiger partial charge in [0.25, 0.3) is 0 Å². The summed E-state index contributed by atoms with van der Waals surface area (Å²) in [5, 5.41) is 14.0. The van der Waals surface area contributed by atoms with E-state index in [2.05, 4.69) is 39.0 Å². The van der Waals surface area contributed by atoms with Crippen molar-refractivity contribution in [3.05, 3.63) is 120 Å². The third-order valence-corrected chi connectivity index (χ3v) is 8.23. The molecule has 2 N–H and O–H groups in total. The summed E-state index contributed by atoms with van der Waals surface area (Å²) in [6.45, 7) is 10.6. The summed E-state index contributed by atoms with van der Waals surface area (Å²) in [4.78, 5) is 46.4. The number of aryl methyl sites for hydroxylation is 1. The molecule has 0 aliphatic carbocycles. The molecule has 5 rings (SSSR count). The number of likely N-dealkylation sites (N-methyl/N-ethyl adjacent to an activating group) is 1. The number of alkyl carbamates (subject to hydrolysis) is 1. The Morgan fingerprint density at radius 2 is 1.40 bits per heavy atom. The van der Waals surface area contributed by atoms with Crippen LogP contribution in [0, 0.1) is 6.92 Å². The van der Waals surface area contributed by atoms with Gasteiger partial charge in [-0.05, 0) is 74.2 Å². The Kier molecular flexibility index (Phi) is 10.7. The highest BCUT2D eigenvalue weighted by Crippen LogP contribution is 2.27. The summed E-state index contributed by atoms with van der Waals surface area (Å²) in [6, 6.07) is 26.7. The zero-order valence-electron chi connectivity index (χ0n) is 29.7. The van der Waals surface area contributed by atoms with Crippen LogP contribution in [-0.2, 0) is 27.2 Å². The molecule has 0 saturated heterocycles. The topological polar surface area (TPSA) is 127 Å². The fraction of sp³-hybridized carbons (Fsp3) is 0.325. The van der Waals surface area contributed by atoms with Crippen LogP contribution in [0.15, 0.2) is 102 Å². The lowest BCUT2D eigenvalue weighted by atomic mass is 9.98. The maximum absolute atomic E-state index is 14.5. The summed E-state index contributed by atoms with van der Waals surface area (Å²) in [6.07, 6.45) is 2.94. The average Bonchev–Trinajstić information content (AvgIpc) is 3.49. The van der Waals surface area contributed by atoms with Crippen LogP contribution >= 0.6 is 0 Å². The lowest BCUT2D eigenvalue weighted by Crippen LogP contribution is -2.49. The molecule has 0 aliphatic rings. The first-order chi connectivity index (χ1) is 23.7. The number of benzene rings is 4. The molecule has 4 aromatic carbocycles. The van der Waals surface area contributed by atoms with Crippen molar-refractivity contribution in [1.29, 1.82) is 0 Å². The van der Waals surface area contributed by atoms with Gasteiger partial charge >= 0.3 is 6.09 Å². The van der Waals surface area contributed by atoms with Gasteiger partial charge in [0.05, 0.1) is 5.54 Å². The van der Waals surface area contributed by atoms with Crippen LogP contribution in [0.25, 0.3) is 21.5 Å². The van der Waals surface area contributed by atoms with Crippen LogP contribution in [0.1, 0.15) is 63.5 Å². The zero-order chi connectivity index (χ0) is 36.1. The van der Waals surface area contributed by atoms with Crippen LogP contribution in [0.4, 0.5) is 4.79 Å². The van der Waals surface area contributed by atoms with Gasteiger partial charge in [0.1, 0.15) is 17.7 Å². The molecule has 1 heterocycles. The normalized spacial score (nSPS) is 13.3. The standard InChI is InChI=1S/C40H45N5O5/c1-26-41-36(50-44-26)34(25-28-17-19-30-13-9-11-15-32(30)23-28)45(7)37(47)33(24-27-16-18-29-12-8-10-14-31(29)22-27)42-35(46)20-21-40(5,6)43-38(48)49-39(2,3)4/h8-23,33-34H,24-25H2,1-7H3,(H,42,46)(H,43,48)/b21-20+/t33-,34-/m1/s1. The van der Waals surface area contributed by atoms with Crippen molar-refractivity contribution in [3.8, 4) is 0 Å². The molecule has 10 heteroatoms. The fourth-order valence-electron chi connectivity index (χ4n) is 5.74. The minimum Gasteiger partial charge on any atom is -0.444 e. The van der Waals surface area contributed by atoms with Gasteiger partial charge < -0.3 is 24.8 Å². The molecular formula is C40H45N5O5. The van der Waals surface area contributed by atoms with E-state index < -0.39 is 35.2 Å². The van der Waals surface area contributed by atoms with Gasteiger partial charge in [0.15, 0.2) is 5.82 Å². The number of ether oxygens (including phenoxy) is 1. The maximum Gasteiger partial charge on any atom is 0.408 e. The molecule has 0 aliphatic heterocycles. The second-order valence-electron chi connectivity index (χ2n) is 14.2. The van der Waals surface area contributed by atoms with Crippen LogP contribution in [0.5, 0.6) is 0 Å². The van der Waals surface area contributed by atoms with Gasteiger partial charge in [0.2, 0.25) is 17.7 Å². The number of carbonyl (C=O) groups excluding carboxylic acids is 3. The van der Waals surface area contributed by atoms with Crippen molar-refractivity contribution in [2.24, 2.45) is 0 Å². The number of rotatable bonds is 11. The lowest BCUT2D eigenvalue weighted by molar-refractivity contribution is -0.137. The van der Waals surface area contributed by atoms with Gasteiger partial charge in [0, 0.05) is 26.0 Å². The summed E-state index contributed by atoms with van der Waals surface area (Å²) in [5.41, 5.74) is 0.290. The Morgan fingerprint density at radius 1 is 0.840 bits per heavy atom. The molecule has 0 spiro atoms. The van der Waals surface area contributed by atoms with E-state index in [-0.39, 0.29) is 12.3 Å². The van der Waals surface area contributed by atoms with E-state index in [1.807, 2.05) is 66.7 Å². The highest BCUT2D eigenvalue weighted by atomic mass is 16.6. The van der Waals surface area contributed by atoms with Gasteiger partial charge in [-0.25, -0.2) is 4.79 Å². The van der Waals surface area contributed by atoms with Crippen molar-refractivity contribution in [2.75, 3.05) is 7.05 Å². The molecule has 2 atom stereocenters. The first-order valence-electron chi connectivity index (χ1n) is 16.7. The van der Waals surface area contributed by atoms with Crippen LogP contribution in [-0.4, -0.2) is 57.2 Å². The number of amides is 3. The fourth-order valence-corrected chi connectivity index (χ4v) is 5.74. The molecule has 0 bridgehead atoms. The number of carbonyl (C=O) groups is 3. The van der Waals surface area contributed by atoms with Crippen LogP contribution in [0.2, 0.25) is 0 Å². The molecule has 0 radical (unpaired) electrons. The quantitative estimate of drug-likeness (QED) is 0.144. The van der Waals surface area contributed by atoms with E-state index in [4.69, 9.17) is 9.26 Å². The van der Waals surface area contributed by atoms with E-state index in [0.717, 1.165) is 32.7 Å². The third-order valence-electron chi connectivity index (χ3n) is 8.23. The van der Waals surface area contributed by atoms with E-state index in [1.54, 1.807) is 59.6 Å². The number of fused-ring (bicyclic) bond motifs is 2. The van der Waals surface area contributed by atoms with Gasteiger partial charge in [-0.3, -0.25) is 9.59 Å². The molecular weight excluding hydrogens is 630 g/mol. The molecule has 5 aromatic rings. The molecule has 10 nitrogen and oxygen atoms in total. The number of hydrogen-bond acceptors (Lipinski definition) is 7. The summed E-state index contributed by atoms with van der Waals surface area (Å²) in [7, 11) is 1.69. The highest BCUT2D eigenvalue weighted by Gasteiger charge is 2.33. The predicted octanol–water partition coefficient (Wildman–Crippen LogP) is 7.01. The van der Waals surface area contributed by atoms with Crippen LogP contribution < -0.4 is 10.6 Å². The first-order valence-corrected chi connectivity index (χ1v) is 16.7. The summed E-state index contributed by atoms with van der Waals surface area (Å²) < 4.78 is 11.0. The van der Waals surface area contributed by atoms with Crippen molar-refractivity contribution in [2.45, 2.75) is 77.6 Å². The Bertz CT molecular complexity index is 2030. The zero-order valence-corrected chi connectivity index (χ0v) is 29.7. The largest absolute Gasteiger partial charge is 0.444 e. The lowest BCUT2D eigenvalue weighted by Gasteiger charge is -2.30. The Balaban J connectivity index is 1.42. The highest BCUT2D eigenvalue weighted by molar-refractivity contribution is 5.93. The second kappa shape index (κ2) is 14.9. The van der Waals surface area contributed by atoms with Crippen molar-refractivity contribution in [3.63, 3.8) is 0 Å². The summed E-state index contributed by atoms with van der Waals surface area (Å²) >= 11 is 0. The molecule has 0 unspecified atom stereocenters. The van der Waals surface area contributed by atoms with Gasteiger partial charge in [-0.15, -0.1) is 0 Å². The Labute approximate surface area is 292 Å². The van der Waals surface area contributed by atoms with Crippen LogP contribution in [0.3, 0.4) is 0 Å². The van der Waals surface area contributed by atoms with Crippen molar-refractivity contribution < 1.29 is 23.6 Å². The van der Waals surface area contributed by atoms with Crippen molar-refractivity contribution >= 4 is 39.5 Å². The Hall–Kier alpha value is -5.51. The monoisotopic (exact) mass is 675 g/mol. The minimum atomic E-state index is -0.941.